The molecule has 120 valence electrons. The third-order valence-corrected chi connectivity index (χ3v) is 4.13. The summed E-state index contributed by atoms with van der Waals surface area (Å²) in [6.07, 6.45) is 1.14. The van der Waals surface area contributed by atoms with Gasteiger partial charge in [-0.1, -0.05) is 30.3 Å². The summed E-state index contributed by atoms with van der Waals surface area (Å²) in [7, 11) is 1.64. The van der Waals surface area contributed by atoms with Crippen molar-refractivity contribution in [2.45, 2.75) is 25.8 Å². The number of carbonyl (C=O) groups is 1. The minimum Gasteiger partial charge on any atom is -0.496 e. The van der Waals surface area contributed by atoms with E-state index >= 15 is 0 Å². The molecule has 23 heavy (non-hydrogen) atoms. The van der Waals surface area contributed by atoms with Crippen molar-refractivity contribution >= 4 is 5.91 Å². The molecule has 2 aromatic carbocycles. The van der Waals surface area contributed by atoms with Crippen molar-refractivity contribution in [2.24, 2.45) is 0 Å². The Morgan fingerprint density at radius 1 is 1.30 bits per heavy atom. The first kappa shape index (κ1) is 15.4. The predicted octanol–water partition coefficient (Wildman–Crippen LogP) is 3.19. The minimum absolute atomic E-state index is 0.0117. The van der Waals surface area contributed by atoms with Crippen LogP contribution >= 0.6 is 0 Å². The van der Waals surface area contributed by atoms with E-state index in [4.69, 9.17) is 9.47 Å². The molecule has 1 aliphatic rings. The highest BCUT2D eigenvalue weighted by atomic mass is 16.5. The van der Waals surface area contributed by atoms with Gasteiger partial charge in [-0.2, -0.15) is 0 Å². The van der Waals surface area contributed by atoms with Crippen molar-refractivity contribution in [3.05, 3.63) is 59.2 Å². The summed E-state index contributed by atoms with van der Waals surface area (Å²) in [6.45, 7) is 2.61. The summed E-state index contributed by atoms with van der Waals surface area (Å²) in [6, 6.07) is 13.7. The van der Waals surface area contributed by atoms with Gasteiger partial charge >= 0.3 is 0 Å². The second-order valence-electron chi connectivity index (χ2n) is 5.78. The third kappa shape index (κ3) is 3.47. The molecule has 0 aromatic heterocycles. The maximum atomic E-state index is 12.4. The maximum Gasteiger partial charge on any atom is 0.224 e. The zero-order valence-electron chi connectivity index (χ0n) is 13.5. The van der Waals surface area contributed by atoms with E-state index in [0.29, 0.717) is 13.0 Å². The summed E-state index contributed by atoms with van der Waals surface area (Å²) in [5.41, 5.74) is 3.06. The number of hydrogen-bond acceptors (Lipinski definition) is 3. The smallest absolute Gasteiger partial charge is 0.224 e. The monoisotopic (exact) mass is 311 g/mol. The van der Waals surface area contributed by atoms with Crippen LogP contribution in [0.25, 0.3) is 0 Å². The number of fused-ring (bicyclic) bond motifs is 1. The molecule has 1 amide bonds. The minimum atomic E-state index is 0.0117. The van der Waals surface area contributed by atoms with E-state index in [9.17, 15) is 4.79 Å². The van der Waals surface area contributed by atoms with E-state index in [2.05, 4.69) is 5.32 Å². The van der Waals surface area contributed by atoms with Gasteiger partial charge in [-0.15, -0.1) is 0 Å². The zero-order chi connectivity index (χ0) is 16.2. The number of rotatable bonds is 4. The Morgan fingerprint density at radius 2 is 2.13 bits per heavy atom. The van der Waals surface area contributed by atoms with Crippen LogP contribution in [-0.2, 0) is 11.2 Å². The van der Waals surface area contributed by atoms with Gasteiger partial charge in [0.2, 0.25) is 5.91 Å². The van der Waals surface area contributed by atoms with E-state index < -0.39 is 0 Å². The Bertz CT molecular complexity index is 712. The Kier molecular flexibility index (Phi) is 4.51. The SMILES string of the molecule is COc1cc(CC(=O)NC2CCOc3ccccc32)ccc1C. The fourth-order valence-corrected chi connectivity index (χ4v) is 2.90. The molecule has 1 atom stereocenters. The van der Waals surface area contributed by atoms with E-state index in [1.807, 2.05) is 49.4 Å². The van der Waals surface area contributed by atoms with Gasteiger partial charge in [0.05, 0.1) is 26.2 Å². The number of ether oxygens (including phenoxy) is 2. The quantitative estimate of drug-likeness (QED) is 0.943. The molecule has 0 saturated carbocycles. The highest BCUT2D eigenvalue weighted by Crippen LogP contribution is 2.31. The van der Waals surface area contributed by atoms with Crippen LogP contribution in [0.4, 0.5) is 0 Å². The normalized spacial score (nSPS) is 16.2. The number of carbonyl (C=O) groups excluding carboxylic acids is 1. The Hall–Kier alpha value is -2.49. The molecule has 2 aromatic rings. The fraction of sp³-hybridized carbons (Fsp3) is 0.316. The summed E-state index contributed by atoms with van der Waals surface area (Å²) in [5.74, 6) is 1.69. The van der Waals surface area contributed by atoms with Crippen molar-refractivity contribution < 1.29 is 14.3 Å². The second kappa shape index (κ2) is 6.73. The first-order valence-electron chi connectivity index (χ1n) is 7.82. The Labute approximate surface area is 136 Å². The molecule has 4 heteroatoms. The van der Waals surface area contributed by atoms with Gasteiger partial charge in [0.25, 0.3) is 0 Å². The molecule has 0 saturated heterocycles. The van der Waals surface area contributed by atoms with Gasteiger partial charge < -0.3 is 14.8 Å². The van der Waals surface area contributed by atoms with Crippen LogP contribution in [-0.4, -0.2) is 19.6 Å². The first-order valence-corrected chi connectivity index (χ1v) is 7.82. The lowest BCUT2D eigenvalue weighted by Gasteiger charge is -2.26. The highest BCUT2D eigenvalue weighted by molar-refractivity contribution is 5.79. The molecule has 3 rings (SSSR count). The summed E-state index contributed by atoms with van der Waals surface area (Å²) >= 11 is 0. The van der Waals surface area contributed by atoms with E-state index in [1.54, 1.807) is 7.11 Å². The number of aryl methyl sites for hydroxylation is 1. The Morgan fingerprint density at radius 3 is 2.96 bits per heavy atom. The van der Waals surface area contributed by atoms with Crippen LogP contribution in [0.1, 0.15) is 29.2 Å². The van der Waals surface area contributed by atoms with Crippen LogP contribution in [0.3, 0.4) is 0 Å². The molecule has 0 spiro atoms. The van der Waals surface area contributed by atoms with Gasteiger partial charge in [0.1, 0.15) is 11.5 Å². The van der Waals surface area contributed by atoms with E-state index in [0.717, 1.165) is 34.6 Å². The molecular formula is C19H21NO3. The summed E-state index contributed by atoms with van der Waals surface area (Å²) in [5, 5.41) is 3.12. The van der Waals surface area contributed by atoms with Crippen molar-refractivity contribution in [1.29, 1.82) is 0 Å². The third-order valence-electron chi connectivity index (χ3n) is 4.13. The topological polar surface area (TPSA) is 47.6 Å². The lowest BCUT2D eigenvalue weighted by molar-refractivity contribution is -0.121. The molecule has 1 aliphatic heterocycles. The van der Waals surface area contributed by atoms with Crippen LogP contribution in [0.5, 0.6) is 11.5 Å². The summed E-state index contributed by atoms with van der Waals surface area (Å²) < 4.78 is 10.9. The molecule has 0 aliphatic carbocycles. The maximum absolute atomic E-state index is 12.4. The Balaban J connectivity index is 1.69. The van der Waals surface area contributed by atoms with Crippen molar-refractivity contribution in [2.75, 3.05) is 13.7 Å². The van der Waals surface area contributed by atoms with Crippen molar-refractivity contribution in [3.63, 3.8) is 0 Å². The first-order chi connectivity index (χ1) is 11.2. The number of para-hydroxylation sites is 1. The van der Waals surface area contributed by atoms with Gasteiger partial charge in [-0.05, 0) is 30.2 Å². The standard InChI is InChI=1S/C19H21NO3/c1-13-7-8-14(11-18(13)22-2)12-19(21)20-16-9-10-23-17-6-4-3-5-15(16)17/h3-8,11,16H,9-10,12H2,1-2H3,(H,20,21). The van der Waals surface area contributed by atoms with Crippen LogP contribution < -0.4 is 14.8 Å². The highest BCUT2D eigenvalue weighted by Gasteiger charge is 2.22. The van der Waals surface area contributed by atoms with Crippen LogP contribution in [0.2, 0.25) is 0 Å². The largest absolute Gasteiger partial charge is 0.496 e. The molecule has 1 heterocycles. The number of benzene rings is 2. The van der Waals surface area contributed by atoms with Crippen molar-refractivity contribution in [1.82, 2.24) is 5.32 Å². The average Bonchev–Trinajstić information content (AvgIpc) is 2.57. The van der Waals surface area contributed by atoms with Gasteiger partial charge in [0, 0.05) is 12.0 Å². The summed E-state index contributed by atoms with van der Waals surface area (Å²) in [4.78, 5) is 12.4. The van der Waals surface area contributed by atoms with E-state index in [-0.39, 0.29) is 11.9 Å². The lowest BCUT2D eigenvalue weighted by Crippen LogP contribution is -2.33. The number of amides is 1. The second-order valence-corrected chi connectivity index (χ2v) is 5.78. The molecule has 1 unspecified atom stereocenters. The van der Waals surface area contributed by atoms with Crippen molar-refractivity contribution in [3.8, 4) is 11.5 Å². The van der Waals surface area contributed by atoms with Gasteiger partial charge in [0.15, 0.2) is 0 Å². The molecule has 1 N–H and O–H groups in total. The average molecular weight is 311 g/mol. The van der Waals surface area contributed by atoms with E-state index in [1.165, 1.54) is 0 Å². The molecule has 0 radical (unpaired) electrons. The molecular weight excluding hydrogens is 290 g/mol. The number of methoxy groups -OCH3 is 1. The number of nitrogens with one attached hydrogen (secondary N) is 1. The molecule has 4 nitrogen and oxygen atoms in total. The number of hydrogen-bond donors (Lipinski definition) is 1. The molecule has 0 fully saturated rings. The van der Waals surface area contributed by atoms with Crippen LogP contribution in [0.15, 0.2) is 42.5 Å². The predicted molar refractivity (Wildman–Crippen MR) is 88.9 cm³/mol. The molecule has 0 bridgehead atoms. The van der Waals surface area contributed by atoms with Gasteiger partial charge in [-0.3, -0.25) is 4.79 Å². The lowest BCUT2D eigenvalue weighted by atomic mass is 10.00. The zero-order valence-corrected chi connectivity index (χ0v) is 13.5. The fourth-order valence-electron chi connectivity index (χ4n) is 2.90. The van der Waals surface area contributed by atoms with Gasteiger partial charge in [-0.25, -0.2) is 0 Å². The van der Waals surface area contributed by atoms with Crippen LogP contribution in [0, 0.1) is 6.92 Å².